The van der Waals surface area contributed by atoms with E-state index >= 15 is 0 Å². The molecule has 3 atom stereocenters. The van der Waals surface area contributed by atoms with Crippen LogP contribution in [0.3, 0.4) is 0 Å². The van der Waals surface area contributed by atoms with E-state index in [1.165, 1.54) is 19.3 Å². The van der Waals surface area contributed by atoms with Gasteiger partial charge in [0.25, 0.3) is 0 Å². The Hall–Kier alpha value is -0.160. The quantitative estimate of drug-likeness (QED) is 0.763. The Morgan fingerprint density at radius 3 is 2.82 bits per heavy atom. The number of rotatable bonds is 4. The molecule has 4 nitrogen and oxygen atoms in total. The first-order valence-electron chi connectivity index (χ1n) is 6.84. The molecule has 0 aromatic carbocycles. The van der Waals surface area contributed by atoms with Crippen molar-refractivity contribution in [1.82, 2.24) is 4.90 Å². The fraction of sp³-hybridized carbons (Fsp3) is 1.00. The van der Waals surface area contributed by atoms with E-state index in [4.69, 9.17) is 10.5 Å². The average molecular weight is 242 g/mol. The van der Waals surface area contributed by atoms with Gasteiger partial charge in [-0.1, -0.05) is 0 Å². The van der Waals surface area contributed by atoms with Gasteiger partial charge in [-0.2, -0.15) is 0 Å². The molecule has 1 saturated heterocycles. The van der Waals surface area contributed by atoms with Crippen molar-refractivity contribution >= 4 is 0 Å². The Morgan fingerprint density at radius 1 is 1.41 bits per heavy atom. The van der Waals surface area contributed by atoms with Crippen molar-refractivity contribution in [3.05, 3.63) is 0 Å². The first kappa shape index (κ1) is 13.3. The van der Waals surface area contributed by atoms with Crippen LogP contribution in [0.2, 0.25) is 0 Å². The third-order valence-electron chi connectivity index (χ3n) is 4.32. The number of likely N-dealkylation sites (N-methyl/N-ethyl adjacent to an activating group) is 1. The minimum Gasteiger partial charge on any atom is -0.394 e. The molecule has 0 bridgehead atoms. The van der Waals surface area contributed by atoms with Gasteiger partial charge in [0.15, 0.2) is 0 Å². The van der Waals surface area contributed by atoms with E-state index in [1.54, 1.807) is 0 Å². The van der Waals surface area contributed by atoms with Crippen LogP contribution in [0.4, 0.5) is 0 Å². The fourth-order valence-corrected chi connectivity index (χ4v) is 3.07. The molecule has 100 valence electrons. The van der Waals surface area contributed by atoms with Crippen molar-refractivity contribution in [3.8, 4) is 0 Å². The molecular formula is C13H26N2O2. The highest BCUT2D eigenvalue weighted by Gasteiger charge is 2.37. The Bertz CT molecular complexity index is 244. The summed E-state index contributed by atoms with van der Waals surface area (Å²) in [5.74, 6) is 0. The third-order valence-corrected chi connectivity index (χ3v) is 4.32. The summed E-state index contributed by atoms with van der Waals surface area (Å²) in [7, 11) is 2.16. The molecule has 1 aliphatic heterocycles. The van der Waals surface area contributed by atoms with Crippen molar-refractivity contribution in [2.24, 2.45) is 5.73 Å². The Balaban J connectivity index is 1.78. The van der Waals surface area contributed by atoms with Gasteiger partial charge in [0.2, 0.25) is 0 Å². The second kappa shape index (κ2) is 5.65. The van der Waals surface area contributed by atoms with Crippen LogP contribution in [0.25, 0.3) is 0 Å². The normalized spacial score (nSPS) is 38.8. The summed E-state index contributed by atoms with van der Waals surface area (Å²) in [5, 5.41) is 9.28. The van der Waals surface area contributed by atoms with E-state index in [0.717, 1.165) is 32.4 Å². The average Bonchev–Trinajstić information content (AvgIpc) is 2.74. The van der Waals surface area contributed by atoms with E-state index in [1.807, 2.05) is 0 Å². The molecule has 2 rings (SSSR count). The molecule has 1 saturated carbocycles. The number of hydrogen-bond donors (Lipinski definition) is 2. The van der Waals surface area contributed by atoms with E-state index in [9.17, 15) is 5.11 Å². The first-order valence-corrected chi connectivity index (χ1v) is 6.84. The van der Waals surface area contributed by atoms with Crippen molar-refractivity contribution in [3.63, 3.8) is 0 Å². The molecule has 3 unspecified atom stereocenters. The number of ether oxygens (including phenoxy) is 1. The summed E-state index contributed by atoms with van der Waals surface area (Å²) in [6, 6.07) is 0.512. The zero-order valence-corrected chi connectivity index (χ0v) is 10.9. The SMILES string of the molecule is CN(CC1CCCCO1)C1CCC(N)(CO)C1. The smallest absolute Gasteiger partial charge is 0.0702 e. The van der Waals surface area contributed by atoms with Crippen LogP contribution in [-0.4, -0.2) is 54.5 Å². The lowest BCUT2D eigenvalue weighted by atomic mass is 10.0. The van der Waals surface area contributed by atoms with Gasteiger partial charge < -0.3 is 20.5 Å². The summed E-state index contributed by atoms with van der Waals surface area (Å²) in [5.41, 5.74) is 5.77. The van der Waals surface area contributed by atoms with Crippen molar-refractivity contribution in [1.29, 1.82) is 0 Å². The number of aliphatic hydroxyl groups is 1. The van der Waals surface area contributed by atoms with Crippen molar-refractivity contribution < 1.29 is 9.84 Å². The van der Waals surface area contributed by atoms with Crippen LogP contribution in [0, 0.1) is 0 Å². The number of aliphatic hydroxyl groups excluding tert-OH is 1. The molecule has 0 spiro atoms. The Morgan fingerprint density at radius 2 is 2.24 bits per heavy atom. The van der Waals surface area contributed by atoms with Crippen LogP contribution in [-0.2, 0) is 4.74 Å². The molecule has 0 amide bonds. The molecule has 0 aromatic heterocycles. The molecule has 1 heterocycles. The van der Waals surface area contributed by atoms with Crippen molar-refractivity contribution in [2.75, 3.05) is 26.8 Å². The molecule has 17 heavy (non-hydrogen) atoms. The van der Waals surface area contributed by atoms with Gasteiger partial charge in [-0.05, 0) is 45.6 Å². The Labute approximate surface area is 104 Å². The van der Waals surface area contributed by atoms with Crippen LogP contribution >= 0.6 is 0 Å². The second-order valence-electron chi connectivity index (χ2n) is 5.85. The van der Waals surface area contributed by atoms with Crippen molar-refractivity contribution in [2.45, 2.75) is 56.2 Å². The summed E-state index contributed by atoms with van der Waals surface area (Å²) in [6.07, 6.45) is 7.03. The molecule has 3 N–H and O–H groups in total. The zero-order chi connectivity index (χ0) is 12.3. The van der Waals surface area contributed by atoms with Crippen LogP contribution in [0.5, 0.6) is 0 Å². The van der Waals surface area contributed by atoms with Crippen LogP contribution in [0.1, 0.15) is 38.5 Å². The lowest BCUT2D eigenvalue weighted by molar-refractivity contribution is -0.00829. The summed E-state index contributed by atoms with van der Waals surface area (Å²) < 4.78 is 5.76. The molecule has 2 aliphatic rings. The van der Waals surface area contributed by atoms with Gasteiger partial charge >= 0.3 is 0 Å². The van der Waals surface area contributed by atoms with Gasteiger partial charge in [0.05, 0.1) is 12.7 Å². The monoisotopic (exact) mass is 242 g/mol. The molecule has 0 radical (unpaired) electrons. The van der Waals surface area contributed by atoms with E-state index in [2.05, 4.69) is 11.9 Å². The van der Waals surface area contributed by atoms with Gasteiger partial charge in [0.1, 0.15) is 0 Å². The molecule has 0 aromatic rings. The zero-order valence-electron chi connectivity index (χ0n) is 10.9. The number of hydrogen-bond acceptors (Lipinski definition) is 4. The standard InChI is InChI=1S/C13H26N2O2/c1-15(9-12-4-2-3-7-17-12)11-5-6-13(14,8-11)10-16/h11-12,16H,2-10,14H2,1H3. The highest BCUT2D eigenvalue weighted by Crippen LogP contribution is 2.30. The Kier molecular flexibility index (Phi) is 4.42. The maximum absolute atomic E-state index is 9.28. The molecule has 4 heteroatoms. The van der Waals surface area contributed by atoms with E-state index < -0.39 is 0 Å². The number of nitrogens with two attached hydrogens (primary N) is 1. The van der Waals surface area contributed by atoms with Gasteiger partial charge in [-0.15, -0.1) is 0 Å². The maximum Gasteiger partial charge on any atom is 0.0702 e. The fourth-order valence-electron chi connectivity index (χ4n) is 3.07. The summed E-state index contributed by atoms with van der Waals surface area (Å²) in [6.45, 7) is 2.03. The van der Waals surface area contributed by atoms with Gasteiger partial charge in [0, 0.05) is 24.7 Å². The topological polar surface area (TPSA) is 58.7 Å². The van der Waals surface area contributed by atoms with Crippen LogP contribution < -0.4 is 5.73 Å². The predicted octanol–water partition coefficient (Wildman–Crippen LogP) is 0.730. The summed E-state index contributed by atoms with van der Waals surface area (Å²) in [4.78, 5) is 2.38. The second-order valence-corrected chi connectivity index (χ2v) is 5.85. The largest absolute Gasteiger partial charge is 0.394 e. The van der Waals surface area contributed by atoms with E-state index in [0.29, 0.717) is 12.1 Å². The van der Waals surface area contributed by atoms with E-state index in [-0.39, 0.29) is 12.1 Å². The first-order chi connectivity index (χ1) is 8.13. The minimum absolute atomic E-state index is 0.108. The molecule has 2 fully saturated rings. The lowest BCUT2D eigenvalue weighted by Gasteiger charge is -2.31. The van der Waals surface area contributed by atoms with Crippen LogP contribution in [0.15, 0.2) is 0 Å². The third kappa shape index (κ3) is 3.41. The maximum atomic E-state index is 9.28. The molecule has 1 aliphatic carbocycles. The molecular weight excluding hydrogens is 216 g/mol. The lowest BCUT2D eigenvalue weighted by Crippen LogP contribution is -2.44. The van der Waals surface area contributed by atoms with Gasteiger partial charge in [-0.3, -0.25) is 0 Å². The summed E-state index contributed by atoms with van der Waals surface area (Å²) >= 11 is 0. The predicted molar refractivity (Wildman–Crippen MR) is 67.9 cm³/mol. The van der Waals surface area contributed by atoms with Gasteiger partial charge in [-0.25, -0.2) is 0 Å². The highest BCUT2D eigenvalue weighted by atomic mass is 16.5. The highest BCUT2D eigenvalue weighted by molar-refractivity contribution is 4.96. The number of nitrogens with zero attached hydrogens (tertiary/aromatic N) is 1. The minimum atomic E-state index is -0.341.